The van der Waals surface area contributed by atoms with E-state index in [9.17, 15) is 0 Å². The van der Waals surface area contributed by atoms with Crippen molar-refractivity contribution in [2.24, 2.45) is 5.92 Å². The smallest absolute Gasteiger partial charge is 0.122 e. The van der Waals surface area contributed by atoms with Gasteiger partial charge in [0.15, 0.2) is 0 Å². The van der Waals surface area contributed by atoms with Gasteiger partial charge in [-0.3, -0.25) is 0 Å². The number of rotatable bonds is 2. The summed E-state index contributed by atoms with van der Waals surface area (Å²) in [5, 5.41) is 0. The van der Waals surface area contributed by atoms with Gasteiger partial charge < -0.3 is 15.4 Å². The molecule has 1 aliphatic heterocycles. The summed E-state index contributed by atoms with van der Waals surface area (Å²) < 4.78 is 5.27. The van der Waals surface area contributed by atoms with Gasteiger partial charge in [-0.05, 0) is 31.2 Å². The Balaban J connectivity index is 2.17. The highest BCUT2D eigenvalue weighted by molar-refractivity contribution is 5.60. The van der Waals surface area contributed by atoms with Crippen LogP contribution in [0.2, 0.25) is 0 Å². The molecular formula is C14H22N2O. The molecule has 0 radical (unpaired) electrons. The average Bonchev–Trinajstić information content (AvgIpc) is 2.53. The zero-order chi connectivity index (χ0) is 12.3. The van der Waals surface area contributed by atoms with Crippen molar-refractivity contribution in [3.05, 3.63) is 18.2 Å². The van der Waals surface area contributed by atoms with E-state index in [4.69, 9.17) is 10.5 Å². The zero-order valence-electron chi connectivity index (χ0n) is 10.8. The van der Waals surface area contributed by atoms with Crippen molar-refractivity contribution in [2.75, 3.05) is 30.8 Å². The highest BCUT2D eigenvalue weighted by Gasteiger charge is 2.15. The Morgan fingerprint density at radius 2 is 2.06 bits per heavy atom. The molecule has 1 fully saturated rings. The van der Waals surface area contributed by atoms with Crippen LogP contribution >= 0.6 is 0 Å². The second kappa shape index (κ2) is 5.30. The maximum Gasteiger partial charge on any atom is 0.122 e. The summed E-state index contributed by atoms with van der Waals surface area (Å²) in [7, 11) is 1.68. The number of benzene rings is 1. The fourth-order valence-corrected chi connectivity index (χ4v) is 2.43. The molecule has 1 aromatic rings. The minimum Gasteiger partial charge on any atom is -0.497 e. The largest absolute Gasteiger partial charge is 0.497 e. The molecule has 1 saturated heterocycles. The Kier molecular flexibility index (Phi) is 3.77. The van der Waals surface area contributed by atoms with Crippen LogP contribution in [0.3, 0.4) is 0 Å². The number of hydrogen-bond acceptors (Lipinski definition) is 3. The number of nitrogen functional groups attached to an aromatic ring is 1. The van der Waals surface area contributed by atoms with E-state index in [1.54, 1.807) is 7.11 Å². The quantitative estimate of drug-likeness (QED) is 0.800. The van der Waals surface area contributed by atoms with Crippen LogP contribution in [0.5, 0.6) is 5.75 Å². The number of methoxy groups -OCH3 is 1. The summed E-state index contributed by atoms with van der Waals surface area (Å²) in [5.74, 6) is 1.68. The lowest BCUT2D eigenvalue weighted by molar-refractivity contribution is 0.415. The summed E-state index contributed by atoms with van der Waals surface area (Å²) in [6.07, 6.45) is 3.85. The molecule has 17 heavy (non-hydrogen) atoms. The summed E-state index contributed by atoms with van der Waals surface area (Å²) in [4.78, 5) is 2.42. The van der Waals surface area contributed by atoms with Crippen LogP contribution in [0, 0.1) is 5.92 Å². The molecule has 1 atom stereocenters. The second-order valence-corrected chi connectivity index (χ2v) is 4.99. The highest BCUT2D eigenvalue weighted by Crippen LogP contribution is 2.28. The standard InChI is InChI=1S/C14H22N2O/c1-11-4-3-6-16(7-5-11)13-8-12(15)9-14(10-13)17-2/h8-11H,3-7,15H2,1-2H3. The first-order valence-corrected chi connectivity index (χ1v) is 6.38. The number of nitrogens with zero attached hydrogens (tertiary/aromatic N) is 1. The van der Waals surface area contributed by atoms with Crippen molar-refractivity contribution in [3.8, 4) is 5.75 Å². The lowest BCUT2D eigenvalue weighted by Crippen LogP contribution is -2.24. The Morgan fingerprint density at radius 1 is 1.24 bits per heavy atom. The summed E-state index contributed by atoms with van der Waals surface area (Å²) in [6, 6.07) is 5.98. The van der Waals surface area contributed by atoms with Crippen LogP contribution in [0.4, 0.5) is 11.4 Å². The van der Waals surface area contributed by atoms with Crippen molar-refractivity contribution in [3.63, 3.8) is 0 Å². The van der Waals surface area contributed by atoms with Crippen molar-refractivity contribution < 1.29 is 4.74 Å². The zero-order valence-corrected chi connectivity index (χ0v) is 10.8. The van der Waals surface area contributed by atoms with E-state index in [1.165, 1.54) is 24.9 Å². The van der Waals surface area contributed by atoms with Gasteiger partial charge in [0.25, 0.3) is 0 Å². The molecule has 0 saturated carbocycles. The highest BCUT2D eigenvalue weighted by atomic mass is 16.5. The fourth-order valence-electron chi connectivity index (χ4n) is 2.43. The normalized spacial score (nSPS) is 21.1. The van der Waals surface area contributed by atoms with Crippen LogP contribution in [0.25, 0.3) is 0 Å². The summed E-state index contributed by atoms with van der Waals surface area (Å²) in [6.45, 7) is 4.58. The van der Waals surface area contributed by atoms with Crippen LogP contribution in [0.1, 0.15) is 26.2 Å². The van der Waals surface area contributed by atoms with Gasteiger partial charge in [-0.15, -0.1) is 0 Å². The van der Waals surface area contributed by atoms with Crippen molar-refractivity contribution in [1.82, 2.24) is 0 Å². The molecule has 0 bridgehead atoms. The van der Waals surface area contributed by atoms with E-state index in [-0.39, 0.29) is 0 Å². The fraction of sp³-hybridized carbons (Fsp3) is 0.571. The monoisotopic (exact) mass is 234 g/mol. The Labute approximate surface area is 104 Å². The molecule has 3 heteroatoms. The molecule has 1 aromatic carbocycles. The van der Waals surface area contributed by atoms with Gasteiger partial charge in [0.2, 0.25) is 0 Å². The maximum atomic E-state index is 5.90. The van der Waals surface area contributed by atoms with Gasteiger partial charge in [-0.2, -0.15) is 0 Å². The average molecular weight is 234 g/mol. The molecule has 1 unspecified atom stereocenters. The third-order valence-corrected chi connectivity index (χ3v) is 3.53. The third-order valence-electron chi connectivity index (χ3n) is 3.53. The van der Waals surface area contributed by atoms with Gasteiger partial charge in [0.1, 0.15) is 5.75 Å². The summed E-state index contributed by atoms with van der Waals surface area (Å²) in [5.41, 5.74) is 7.87. The molecule has 94 valence electrons. The Hall–Kier alpha value is -1.38. The number of hydrogen-bond donors (Lipinski definition) is 1. The van der Waals surface area contributed by atoms with Crippen molar-refractivity contribution in [2.45, 2.75) is 26.2 Å². The Morgan fingerprint density at radius 3 is 2.82 bits per heavy atom. The van der Waals surface area contributed by atoms with E-state index in [0.29, 0.717) is 0 Å². The van der Waals surface area contributed by atoms with Crippen LogP contribution < -0.4 is 15.4 Å². The van der Waals surface area contributed by atoms with Gasteiger partial charge in [-0.25, -0.2) is 0 Å². The molecule has 1 aliphatic rings. The SMILES string of the molecule is COc1cc(N)cc(N2CCCC(C)CC2)c1. The first-order valence-electron chi connectivity index (χ1n) is 6.38. The first-order chi connectivity index (χ1) is 8.19. The topological polar surface area (TPSA) is 38.5 Å². The molecule has 1 heterocycles. The van der Waals surface area contributed by atoms with E-state index >= 15 is 0 Å². The molecule has 0 aromatic heterocycles. The van der Waals surface area contributed by atoms with Gasteiger partial charge >= 0.3 is 0 Å². The van der Waals surface area contributed by atoms with Gasteiger partial charge in [-0.1, -0.05) is 6.92 Å². The third kappa shape index (κ3) is 3.05. The molecule has 0 amide bonds. The Bertz CT molecular complexity index is 378. The molecule has 0 aliphatic carbocycles. The summed E-state index contributed by atoms with van der Waals surface area (Å²) >= 11 is 0. The van der Waals surface area contributed by atoms with Crippen LogP contribution in [0.15, 0.2) is 18.2 Å². The minimum absolute atomic E-state index is 0.775. The number of nitrogens with two attached hydrogens (primary N) is 1. The number of anilines is 2. The molecule has 3 nitrogen and oxygen atoms in total. The van der Waals surface area contributed by atoms with E-state index < -0.39 is 0 Å². The van der Waals surface area contributed by atoms with E-state index in [2.05, 4.69) is 17.9 Å². The van der Waals surface area contributed by atoms with Crippen molar-refractivity contribution >= 4 is 11.4 Å². The molecule has 0 spiro atoms. The predicted molar refractivity (Wildman–Crippen MR) is 72.6 cm³/mol. The van der Waals surface area contributed by atoms with Crippen LogP contribution in [-0.4, -0.2) is 20.2 Å². The van der Waals surface area contributed by atoms with Crippen LogP contribution in [-0.2, 0) is 0 Å². The maximum absolute atomic E-state index is 5.90. The minimum atomic E-state index is 0.775. The predicted octanol–water partition coefficient (Wildman–Crippen LogP) is 2.90. The molecule has 2 rings (SSSR count). The second-order valence-electron chi connectivity index (χ2n) is 4.99. The van der Waals surface area contributed by atoms with Gasteiger partial charge in [0, 0.05) is 36.6 Å². The van der Waals surface area contributed by atoms with Crippen molar-refractivity contribution in [1.29, 1.82) is 0 Å². The number of ether oxygens (including phenoxy) is 1. The lowest BCUT2D eigenvalue weighted by atomic mass is 10.0. The first kappa shape index (κ1) is 12.1. The molecule has 2 N–H and O–H groups in total. The lowest BCUT2D eigenvalue weighted by Gasteiger charge is -2.23. The van der Waals surface area contributed by atoms with Gasteiger partial charge in [0.05, 0.1) is 7.11 Å². The van der Waals surface area contributed by atoms with E-state index in [0.717, 1.165) is 30.4 Å². The molecular weight excluding hydrogens is 212 g/mol. The van der Waals surface area contributed by atoms with E-state index in [1.807, 2.05) is 12.1 Å².